The van der Waals surface area contributed by atoms with E-state index in [1.165, 1.54) is 104 Å². The number of hydrogen-bond donors (Lipinski definition) is 1. The second-order valence-corrected chi connectivity index (χ2v) is 15.7. The molecule has 50 heavy (non-hydrogen) atoms. The summed E-state index contributed by atoms with van der Waals surface area (Å²) >= 11 is 1.96. The van der Waals surface area contributed by atoms with Gasteiger partial charge in [0.15, 0.2) is 0 Å². The summed E-state index contributed by atoms with van der Waals surface area (Å²) in [7, 11) is 0. The Hall–Kier alpha value is -4.40. The zero-order chi connectivity index (χ0) is 34.6. The van der Waals surface area contributed by atoms with Crippen LogP contribution in [0, 0.1) is 5.92 Å². The molecule has 254 valence electrons. The number of thiophene rings is 1. The molecule has 1 nitrogen and oxygen atoms in total. The fraction of sp³-hybridized carbons (Fsp3) is 0.292. The molecule has 2 atom stereocenters. The molecule has 2 unspecified atom stereocenters. The maximum atomic E-state index is 4.55. The minimum Gasteiger partial charge on any atom is -0.381 e. The van der Waals surface area contributed by atoms with E-state index >= 15 is 0 Å². The zero-order valence-electron chi connectivity index (χ0n) is 30.2. The largest absolute Gasteiger partial charge is 0.381 e. The van der Waals surface area contributed by atoms with Gasteiger partial charge in [-0.05, 0) is 132 Å². The number of para-hydroxylation sites is 1. The van der Waals surface area contributed by atoms with Crippen molar-refractivity contribution < 1.29 is 0 Å². The zero-order valence-corrected chi connectivity index (χ0v) is 31.0. The summed E-state index contributed by atoms with van der Waals surface area (Å²) in [4.78, 5) is 1.41. The second-order valence-electron chi connectivity index (χ2n) is 14.6. The van der Waals surface area contributed by atoms with E-state index in [1.54, 1.807) is 5.56 Å². The molecule has 1 aromatic heterocycles. The highest BCUT2D eigenvalue weighted by Gasteiger charge is 2.22. The van der Waals surface area contributed by atoms with Gasteiger partial charge in [0.05, 0.1) is 0 Å². The number of nitrogens with one attached hydrogen (secondary N) is 1. The third-order valence-corrected chi connectivity index (χ3v) is 12.4. The van der Waals surface area contributed by atoms with Crippen LogP contribution in [0.2, 0.25) is 0 Å². The molecule has 0 radical (unpaired) electrons. The van der Waals surface area contributed by atoms with E-state index in [0.717, 1.165) is 29.8 Å². The number of anilines is 1. The quantitative estimate of drug-likeness (QED) is 0.222. The molecule has 3 aliphatic rings. The molecule has 2 aliphatic carbocycles. The first-order valence-corrected chi connectivity index (χ1v) is 19.5. The molecule has 0 saturated heterocycles. The van der Waals surface area contributed by atoms with E-state index in [2.05, 4.69) is 142 Å². The summed E-state index contributed by atoms with van der Waals surface area (Å²) < 4.78 is 1.35. The monoisotopic (exact) mass is 673 g/mol. The van der Waals surface area contributed by atoms with Crippen molar-refractivity contribution in [2.24, 2.45) is 5.92 Å². The highest BCUT2D eigenvalue weighted by molar-refractivity contribution is 7.19. The molecule has 0 spiro atoms. The molecular weight excluding hydrogens is 623 g/mol. The van der Waals surface area contributed by atoms with E-state index in [0.29, 0.717) is 5.92 Å². The number of benzene rings is 3. The van der Waals surface area contributed by atoms with Crippen molar-refractivity contribution in [3.8, 4) is 11.1 Å². The molecule has 0 amide bonds. The van der Waals surface area contributed by atoms with E-state index in [1.807, 2.05) is 11.3 Å². The Bertz CT molecular complexity index is 2090. The van der Waals surface area contributed by atoms with Crippen LogP contribution < -0.4 is 5.32 Å². The van der Waals surface area contributed by atoms with Gasteiger partial charge in [0.25, 0.3) is 0 Å². The lowest BCUT2D eigenvalue weighted by atomic mass is 9.85. The minimum atomic E-state index is 0.191. The smallest absolute Gasteiger partial charge is 0.0422 e. The summed E-state index contributed by atoms with van der Waals surface area (Å²) in [6, 6.07) is 22.7. The summed E-state index contributed by atoms with van der Waals surface area (Å²) in [5, 5.41) is 4.95. The van der Waals surface area contributed by atoms with E-state index in [9.17, 15) is 0 Å². The molecule has 3 aromatic carbocycles. The predicted molar refractivity (Wildman–Crippen MR) is 221 cm³/mol. The summed E-state index contributed by atoms with van der Waals surface area (Å²) in [5.41, 5.74) is 15.8. The van der Waals surface area contributed by atoms with Gasteiger partial charge in [-0.15, -0.1) is 11.3 Å². The molecule has 0 saturated carbocycles. The van der Waals surface area contributed by atoms with Crippen LogP contribution in [-0.2, 0) is 12.8 Å². The molecule has 1 aliphatic heterocycles. The van der Waals surface area contributed by atoms with Crippen molar-refractivity contribution in [3.63, 3.8) is 0 Å². The second kappa shape index (κ2) is 15.2. The van der Waals surface area contributed by atoms with Gasteiger partial charge in [-0.2, -0.15) is 0 Å². The summed E-state index contributed by atoms with van der Waals surface area (Å²) in [6.45, 7) is 16.7. The van der Waals surface area contributed by atoms with Crippen LogP contribution in [0.4, 0.5) is 5.69 Å². The van der Waals surface area contributed by atoms with Gasteiger partial charge in [-0.3, -0.25) is 0 Å². The van der Waals surface area contributed by atoms with E-state index in [4.69, 9.17) is 0 Å². The normalized spacial score (nSPS) is 21.0. The van der Waals surface area contributed by atoms with Crippen LogP contribution in [0.5, 0.6) is 0 Å². The van der Waals surface area contributed by atoms with Crippen LogP contribution in [0.1, 0.15) is 92.3 Å². The van der Waals surface area contributed by atoms with Gasteiger partial charge < -0.3 is 5.32 Å². The summed E-state index contributed by atoms with van der Waals surface area (Å²) in [5.74, 6) is 0.687. The highest BCUT2D eigenvalue weighted by Crippen LogP contribution is 2.44. The van der Waals surface area contributed by atoms with Gasteiger partial charge in [-0.1, -0.05) is 118 Å². The Morgan fingerprint density at radius 3 is 2.64 bits per heavy atom. The van der Waals surface area contributed by atoms with Crippen LogP contribution in [-0.4, -0.2) is 6.54 Å². The van der Waals surface area contributed by atoms with Crippen LogP contribution >= 0.6 is 11.3 Å². The van der Waals surface area contributed by atoms with Crippen molar-refractivity contribution in [1.29, 1.82) is 0 Å². The van der Waals surface area contributed by atoms with Crippen molar-refractivity contribution >= 4 is 38.8 Å². The van der Waals surface area contributed by atoms with Gasteiger partial charge in [-0.25, -0.2) is 0 Å². The van der Waals surface area contributed by atoms with E-state index < -0.39 is 0 Å². The SMILES string of the molecule is C=C1\C=C/C=C(/C(C)=C/c2c(C(C)C3=CC(=C)c4ccccc4NCC=C3)sc3ccc(-c4cccc5c4CCCC5)cc23)C(C)CCCC1. The Morgan fingerprint density at radius 1 is 0.920 bits per heavy atom. The van der Waals surface area contributed by atoms with Crippen molar-refractivity contribution in [1.82, 2.24) is 0 Å². The lowest BCUT2D eigenvalue weighted by molar-refractivity contribution is 0.562. The molecule has 7 rings (SSSR count). The number of hydrogen-bond acceptors (Lipinski definition) is 2. The average molecular weight is 674 g/mol. The number of allylic oxidation sites excluding steroid dienone is 10. The molecule has 0 bridgehead atoms. The first-order valence-electron chi connectivity index (χ1n) is 18.7. The molecule has 0 fully saturated rings. The molecule has 2 heterocycles. The van der Waals surface area contributed by atoms with Crippen molar-refractivity contribution in [3.05, 3.63) is 160 Å². The first-order chi connectivity index (χ1) is 24.4. The fourth-order valence-corrected chi connectivity index (χ4v) is 9.41. The maximum absolute atomic E-state index is 4.55. The predicted octanol–water partition coefficient (Wildman–Crippen LogP) is 13.8. The Balaban J connectivity index is 1.38. The van der Waals surface area contributed by atoms with Crippen LogP contribution in [0.3, 0.4) is 0 Å². The third kappa shape index (κ3) is 7.23. The van der Waals surface area contributed by atoms with Gasteiger partial charge in [0.2, 0.25) is 0 Å². The highest BCUT2D eigenvalue weighted by atomic mass is 32.1. The van der Waals surface area contributed by atoms with Crippen LogP contribution in [0.25, 0.3) is 32.9 Å². The van der Waals surface area contributed by atoms with Crippen LogP contribution in [0.15, 0.2) is 133 Å². The number of fused-ring (bicyclic) bond motifs is 3. The lowest BCUT2D eigenvalue weighted by Crippen LogP contribution is -2.04. The van der Waals surface area contributed by atoms with Crippen molar-refractivity contribution in [2.45, 2.75) is 78.1 Å². The molecule has 4 aromatic rings. The van der Waals surface area contributed by atoms with E-state index in [-0.39, 0.29) is 5.92 Å². The van der Waals surface area contributed by atoms with Gasteiger partial charge >= 0.3 is 0 Å². The van der Waals surface area contributed by atoms with Gasteiger partial charge in [0, 0.05) is 38.7 Å². The molecular formula is C48H51NS. The Kier molecular flexibility index (Phi) is 10.4. The Labute approximate surface area is 304 Å². The van der Waals surface area contributed by atoms with Crippen molar-refractivity contribution in [2.75, 3.05) is 11.9 Å². The van der Waals surface area contributed by atoms with Gasteiger partial charge in [0.1, 0.15) is 0 Å². The Morgan fingerprint density at radius 2 is 1.74 bits per heavy atom. The fourth-order valence-electron chi connectivity index (χ4n) is 8.17. The first kappa shape index (κ1) is 34.1. The summed E-state index contributed by atoms with van der Waals surface area (Å²) in [6.07, 6.45) is 25.9. The number of rotatable bonds is 5. The average Bonchev–Trinajstić information content (AvgIpc) is 3.52. The number of aryl methyl sites for hydroxylation is 1. The molecule has 1 N–H and O–H groups in total. The third-order valence-electron chi connectivity index (χ3n) is 11.0. The lowest BCUT2D eigenvalue weighted by Gasteiger charge is -2.20. The standard InChI is InChI=1S/C48H51NS/c1-32-15-6-7-17-33(2)40(23-12-16-32)35(4)30-45-44-31-39(43-24-13-19-37-18-8-9-22-42(37)43)26-27-47(44)50-48(45)36(5)38-20-14-28-49-46-25-11-10-21-41(46)34(3)29-38/h10-14,16,19-21,23-27,29-31,33,36,49H,1,3,6-9,15,17-18,22,28H2,2,4-5H3/b16-12-,20-14?,35-30+,38-29?,40-23+. The maximum Gasteiger partial charge on any atom is 0.0422 e. The topological polar surface area (TPSA) is 12.0 Å². The minimum absolute atomic E-state index is 0.191. The molecule has 2 heteroatoms.